The van der Waals surface area contributed by atoms with Crippen LogP contribution in [0.15, 0.2) is 24.5 Å². The molecule has 1 amide bonds. The smallest absolute Gasteiger partial charge is 0.254 e. The Morgan fingerprint density at radius 2 is 1.96 bits per heavy atom. The number of sulfonamides is 1. The Morgan fingerprint density at radius 3 is 2.67 bits per heavy atom. The highest BCUT2D eigenvalue weighted by Gasteiger charge is 2.43. The standard InChI is InChI=1S/C15H21N3O5S/c1-24(20,21)18-7-8-22-12-15(11-18)10-17(6-9-23-15)14(19)13-2-4-16-5-3-13/h2-5H,6-12H2,1H3. The van der Waals surface area contributed by atoms with Crippen molar-refractivity contribution < 1.29 is 22.7 Å². The largest absolute Gasteiger partial charge is 0.377 e. The maximum atomic E-state index is 12.7. The van der Waals surface area contributed by atoms with E-state index >= 15 is 0 Å². The summed E-state index contributed by atoms with van der Waals surface area (Å²) in [6.07, 6.45) is 4.32. The lowest BCUT2D eigenvalue weighted by molar-refractivity contribution is -0.129. The molecule has 1 unspecified atom stereocenters. The number of rotatable bonds is 2. The summed E-state index contributed by atoms with van der Waals surface area (Å²) >= 11 is 0. The molecular formula is C15H21N3O5S. The number of pyridine rings is 1. The van der Waals surface area contributed by atoms with E-state index in [0.717, 1.165) is 0 Å². The van der Waals surface area contributed by atoms with Crippen molar-refractivity contribution in [3.05, 3.63) is 30.1 Å². The van der Waals surface area contributed by atoms with E-state index in [1.807, 2.05) is 0 Å². The molecule has 1 atom stereocenters. The highest BCUT2D eigenvalue weighted by molar-refractivity contribution is 7.88. The van der Waals surface area contributed by atoms with Gasteiger partial charge in [-0.25, -0.2) is 8.42 Å². The van der Waals surface area contributed by atoms with Crippen LogP contribution in [0.2, 0.25) is 0 Å². The van der Waals surface area contributed by atoms with E-state index in [0.29, 0.717) is 38.4 Å². The number of hydrogen-bond donors (Lipinski definition) is 0. The van der Waals surface area contributed by atoms with Gasteiger partial charge >= 0.3 is 0 Å². The Bertz CT molecular complexity index is 696. The van der Waals surface area contributed by atoms with Crippen LogP contribution in [0.5, 0.6) is 0 Å². The van der Waals surface area contributed by atoms with Crippen LogP contribution in [0, 0.1) is 0 Å². The Kier molecular flexibility index (Phi) is 4.86. The fourth-order valence-corrected chi connectivity index (χ4v) is 3.91. The lowest BCUT2D eigenvalue weighted by atomic mass is 10.0. The first kappa shape index (κ1) is 17.3. The molecule has 1 spiro atoms. The van der Waals surface area contributed by atoms with E-state index in [9.17, 15) is 13.2 Å². The molecule has 1 aromatic rings. The second-order valence-corrected chi connectivity index (χ2v) is 8.13. The minimum absolute atomic E-state index is 0.116. The molecule has 9 heteroatoms. The number of hydrogen-bond acceptors (Lipinski definition) is 6. The monoisotopic (exact) mass is 355 g/mol. The average Bonchev–Trinajstić information content (AvgIpc) is 2.77. The number of carbonyl (C=O) groups excluding carboxylic acids is 1. The van der Waals surface area contributed by atoms with Crippen LogP contribution in [-0.4, -0.2) is 86.4 Å². The Balaban J connectivity index is 1.79. The molecule has 24 heavy (non-hydrogen) atoms. The quantitative estimate of drug-likeness (QED) is 0.716. The van der Waals surface area contributed by atoms with Gasteiger partial charge in [0.15, 0.2) is 0 Å². The zero-order valence-corrected chi connectivity index (χ0v) is 14.4. The van der Waals surface area contributed by atoms with Crippen molar-refractivity contribution >= 4 is 15.9 Å². The summed E-state index contributed by atoms with van der Waals surface area (Å²) in [5.41, 5.74) is -0.280. The molecule has 3 rings (SSSR count). The molecule has 2 aliphatic rings. The van der Waals surface area contributed by atoms with Crippen molar-refractivity contribution in [1.82, 2.24) is 14.2 Å². The van der Waals surface area contributed by atoms with Gasteiger partial charge < -0.3 is 14.4 Å². The molecule has 0 saturated carbocycles. The van der Waals surface area contributed by atoms with Crippen LogP contribution < -0.4 is 0 Å². The summed E-state index contributed by atoms with van der Waals surface area (Å²) in [7, 11) is -3.35. The maximum Gasteiger partial charge on any atom is 0.254 e. The molecule has 2 saturated heterocycles. The third-order valence-corrected chi connectivity index (χ3v) is 5.50. The summed E-state index contributed by atoms with van der Waals surface area (Å²) in [4.78, 5) is 18.3. The second-order valence-electron chi connectivity index (χ2n) is 6.14. The topological polar surface area (TPSA) is 89.0 Å². The fraction of sp³-hybridized carbons (Fsp3) is 0.600. The predicted molar refractivity (Wildman–Crippen MR) is 86.1 cm³/mol. The second kappa shape index (κ2) is 6.75. The van der Waals surface area contributed by atoms with E-state index < -0.39 is 15.6 Å². The van der Waals surface area contributed by atoms with Crippen molar-refractivity contribution in [3.63, 3.8) is 0 Å². The first-order valence-corrected chi connectivity index (χ1v) is 9.61. The van der Waals surface area contributed by atoms with Gasteiger partial charge in [0.05, 0.1) is 32.6 Å². The SMILES string of the molecule is CS(=O)(=O)N1CCOCC2(CN(C(=O)c3ccncc3)CCO2)C1. The predicted octanol–water partition coefficient (Wildman–Crippen LogP) is -0.415. The van der Waals surface area contributed by atoms with Crippen LogP contribution >= 0.6 is 0 Å². The number of carbonyl (C=O) groups is 1. The maximum absolute atomic E-state index is 12.7. The lowest BCUT2D eigenvalue weighted by Gasteiger charge is -2.43. The van der Waals surface area contributed by atoms with Gasteiger partial charge in [0.1, 0.15) is 5.60 Å². The first-order chi connectivity index (χ1) is 11.4. The molecule has 0 aliphatic carbocycles. The third kappa shape index (κ3) is 3.75. The number of nitrogens with zero attached hydrogens (tertiary/aromatic N) is 3. The van der Waals surface area contributed by atoms with Crippen molar-refractivity contribution in [3.8, 4) is 0 Å². The summed E-state index contributed by atoms with van der Waals surface area (Å²) in [5.74, 6) is -0.116. The van der Waals surface area contributed by atoms with Crippen LogP contribution in [0.25, 0.3) is 0 Å². The van der Waals surface area contributed by atoms with Crippen LogP contribution in [-0.2, 0) is 19.5 Å². The van der Waals surface area contributed by atoms with E-state index in [1.165, 1.54) is 10.6 Å². The van der Waals surface area contributed by atoms with E-state index in [2.05, 4.69) is 4.98 Å². The number of morpholine rings is 1. The van der Waals surface area contributed by atoms with Crippen LogP contribution in [0.4, 0.5) is 0 Å². The van der Waals surface area contributed by atoms with Crippen molar-refractivity contribution in [1.29, 1.82) is 0 Å². The zero-order chi connectivity index (χ0) is 17.2. The van der Waals surface area contributed by atoms with Gasteiger partial charge in [-0.3, -0.25) is 9.78 Å². The number of ether oxygens (including phenoxy) is 2. The minimum atomic E-state index is -3.35. The van der Waals surface area contributed by atoms with Crippen molar-refractivity contribution in [2.45, 2.75) is 5.60 Å². The Hall–Kier alpha value is -1.55. The van der Waals surface area contributed by atoms with Crippen molar-refractivity contribution in [2.75, 3.05) is 52.3 Å². The Morgan fingerprint density at radius 1 is 1.21 bits per heavy atom. The molecule has 0 N–H and O–H groups in total. The summed E-state index contributed by atoms with van der Waals surface area (Å²) in [6, 6.07) is 3.33. The highest BCUT2D eigenvalue weighted by Crippen LogP contribution is 2.24. The van der Waals surface area contributed by atoms with Crippen LogP contribution in [0.1, 0.15) is 10.4 Å². The highest BCUT2D eigenvalue weighted by atomic mass is 32.2. The molecular weight excluding hydrogens is 334 g/mol. The molecule has 0 aromatic carbocycles. The number of amides is 1. The molecule has 1 aromatic heterocycles. The summed E-state index contributed by atoms with van der Waals surface area (Å²) < 4.78 is 36.7. The average molecular weight is 355 g/mol. The van der Waals surface area contributed by atoms with E-state index in [4.69, 9.17) is 9.47 Å². The van der Waals surface area contributed by atoms with Gasteiger partial charge in [-0.05, 0) is 12.1 Å². The molecule has 8 nitrogen and oxygen atoms in total. The van der Waals surface area contributed by atoms with Gasteiger partial charge in [0.2, 0.25) is 10.0 Å². The molecule has 2 fully saturated rings. The van der Waals surface area contributed by atoms with Gasteiger partial charge in [0, 0.05) is 37.6 Å². The Labute approximate surface area is 141 Å². The molecule has 0 bridgehead atoms. The van der Waals surface area contributed by atoms with E-state index in [1.54, 1.807) is 29.4 Å². The lowest BCUT2D eigenvalue weighted by Crippen LogP contribution is -2.60. The first-order valence-electron chi connectivity index (χ1n) is 7.76. The minimum Gasteiger partial charge on any atom is -0.377 e. The third-order valence-electron chi connectivity index (χ3n) is 4.25. The molecule has 3 heterocycles. The summed E-state index contributed by atoms with van der Waals surface area (Å²) in [6.45, 7) is 2.16. The normalized spacial score (nSPS) is 26.3. The van der Waals surface area contributed by atoms with Gasteiger partial charge in [-0.1, -0.05) is 0 Å². The van der Waals surface area contributed by atoms with E-state index in [-0.39, 0.29) is 19.1 Å². The van der Waals surface area contributed by atoms with Gasteiger partial charge in [0.25, 0.3) is 5.91 Å². The molecule has 0 radical (unpaired) electrons. The zero-order valence-electron chi connectivity index (χ0n) is 13.6. The fourth-order valence-electron chi connectivity index (χ4n) is 3.03. The summed E-state index contributed by atoms with van der Waals surface area (Å²) in [5, 5.41) is 0. The molecule has 132 valence electrons. The molecule has 2 aliphatic heterocycles. The van der Waals surface area contributed by atoms with Gasteiger partial charge in [-0.2, -0.15) is 4.31 Å². The number of aromatic nitrogens is 1. The van der Waals surface area contributed by atoms with Crippen molar-refractivity contribution in [2.24, 2.45) is 0 Å². The van der Waals surface area contributed by atoms with Crippen LogP contribution in [0.3, 0.4) is 0 Å². The van der Waals surface area contributed by atoms with Gasteiger partial charge in [-0.15, -0.1) is 0 Å².